The zero-order chi connectivity index (χ0) is 15.5. The fraction of sp³-hybridized carbons (Fsp3) is 0.214. The second-order valence-electron chi connectivity index (χ2n) is 4.29. The minimum atomic E-state index is -3.75. The standard InChI is InChI=1S/C14H16N2O4S/c1-10-8-11(19-2)12(20-3)9-13(10)21(17,18)16-14-6-4-5-7-15-14/h4-9H,1-3H3,(H,15,16). The number of hydrogen-bond acceptors (Lipinski definition) is 5. The Labute approximate surface area is 123 Å². The summed E-state index contributed by atoms with van der Waals surface area (Å²) in [4.78, 5) is 4.07. The first-order valence-corrected chi connectivity index (χ1v) is 7.62. The van der Waals surface area contributed by atoms with E-state index in [2.05, 4.69) is 9.71 Å². The third-order valence-corrected chi connectivity index (χ3v) is 4.37. The van der Waals surface area contributed by atoms with Gasteiger partial charge in [-0.2, -0.15) is 0 Å². The van der Waals surface area contributed by atoms with Crippen LogP contribution >= 0.6 is 0 Å². The van der Waals surface area contributed by atoms with Crippen molar-refractivity contribution < 1.29 is 17.9 Å². The number of hydrogen-bond donors (Lipinski definition) is 1. The monoisotopic (exact) mass is 308 g/mol. The van der Waals surface area contributed by atoms with Crippen molar-refractivity contribution in [3.63, 3.8) is 0 Å². The van der Waals surface area contributed by atoms with E-state index in [0.717, 1.165) is 0 Å². The molecule has 0 bridgehead atoms. The minimum Gasteiger partial charge on any atom is -0.493 e. The molecule has 2 rings (SSSR count). The molecular weight excluding hydrogens is 292 g/mol. The molecule has 21 heavy (non-hydrogen) atoms. The van der Waals surface area contributed by atoms with E-state index in [1.54, 1.807) is 31.2 Å². The van der Waals surface area contributed by atoms with Crippen molar-refractivity contribution in [1.82, 2.24) is 4.98 Å². The predicted octanol–water partition coefficient (Wildman–Crippen LogP) is 2.21. The Kier molecular flexibility index (Phi) is 4.32. The molecule has 6 nitrogen and oxygen atoms in total. The van der Waals surface area contributed by atoms with Gasteiger partial charge in [0.05, 0.1) is 19.1 Å². The number of aryl methyl sites for hydroxylation is 1. The molecule has 1 heterocycles. The van der Waals surface area contributed by atoms with Crippen molar-refractivity contribution in [1.29, 1.82) is 0 Å². The Bertz CT molecular complexity index is 730. The minimum absolute atomic E-state index is 0.116. The summed E-state index contributed by atoms with van der Waals surface area (Å²) >= 11 is 0. The lowest BCUT2D eigenvalue weighted by molar-refractivity contribution is 0.353. The maximum atomic E-state index is 12.4. The molecule has 2 aromatic rings. The van der Waals surface area contributed by atoms with Crippen molar-refractivity contribution in [2.45, 2.75) is 11.8 Å². The molecule has 1 aromatic heterocycles. The summed E-state index contributed by atoms with van der Waals surface area (Å²) in [7, 11) is -0.798. The third-order valence-electron chi connectivity index (χ3n) is 2.87. The number of rotatable bonds is 5. The smallest absolute Gasteiger partial charge is 0.263 e. The number of ether oxygens (including phenoxy) is 2. The van der Waals surface area contributed by atoms with Crippen LogP contribution in [-0.2, 0) is 10.0 Å². The highest BCUT2D eigenvalue weighted by Crippen LogP contribution is 2.32. The van der Waals surface area contributed by atoms with Gasteiger partial charge in [-0.3, -0.25) is 4.72 Å². The molecule has 0 fully saturated rings. The largest absolute Gasteiger partial charge is 0.493 e. The Balaban J connectivity index is 2.45. The quantitative estimate of drug-likeness (QED) is 0.916. The van der Waals surface area contributed by atoms with Gasteiger partial charge in [-0.15, -0.1) is 0 Å². The average Bonchev–Trinajstić information content (AvgIpc) is 2.47. The molecular formula is C14H16N2O4S. The number of nitrogens with one attached hydrogen (secondary N) is 1. The number of anilines is 1. The van der Waals surface area contributed by atoms with Crippen LogP contribution in [0.3, 0.4) is 0 Å². The van der Waals surface area contributed by atoms with Crippen LogP contribution in [0.5, 0.6) is 11.5 Å². The van der Waals surface area contributed by atoms with Crippen molar-refractivity contribution >= 4 is 15.8 Å². The van der Waals surface area contributed by atoms with E-state index in [0.29, 0.717) is 17.1 Å². The summed E-state index contributed by atoms with van der Waals surface area (Å²) in [5.74, 6) is 1.09. The SMILES string of the molecule is COc1cc(C)c(S(=O)(=O)Nc2ccccn2)cc1OC. The Morgan fingerprint density at radius 3 is 2.33 bits per heavy atom. The lowest BCUT2D eigenvalue weighted by atomic mass is 10.2. The molecule has 1 N–H and O–H groups in total. The Morgan fingerprint density at radius 2 is 1.76 bits per heavy atom. The zero-order valence-electron chi connectivity index (χ0n) is 12.0. The highest BCUT2D eigenvalue weighted by atomic mass is 32.2. The summed E-state index contributed by atoms with van der Waals surface area (Å²) < 4.78 is 37.6. The average molecular weight is 308 g/mol. The van der Waals surface area contributed by atoms with Gasteiger partial charge in [-0.1, -0.05) is 6.07 Å². The van der Waals surface area contributed by atoms with E-state index in [1.807, 2.05) is 0 Å². The van der Waals surface area contributed by atoms with Crippen LogP contribution < -0.4 is 14.2 Å². The van der Waals surface area contributed by atoms with Gasteiger partial charge in [-0.25, -0.2) is 13.4 Å². The maximum Gasteiger partial charge on any atom is 0.263 e. The summed E-state index contributed by atoms with van der Waals surface area (Å²) in [6.45, 7) is 1.69. The molecule has 0 radical (unpaired) electrons. The fourth-order valence-corrected chi connectivity index (χ4v) is 3.12. The molecule has 0 spiro atoms. The summed E-state index contributed by atoms with van der Waals surface area (Å²) in [5, 5.41) is 0. The highest BCUT2D eigenvalue weighted by Gasteiger charge is 2.20. The van der Waals surface area contributed by atoms with Gasteiger partial charge in [0.2, 0.25) is 0 Å². The number of nitrogens with zero attached hydrogens (tertiary/aromatic N) is 1. The van der Waals surface area contributed by atoms with Crippen molar-refractivity contribution in [3.05, 3.63) is 42.1 Å². The van der Waals surface area contributed by atoms with Crippen LogP contribution in [0.2, 0.25) is 0 Å². The molecule has 7 heteroatoms. The lowest BCUT2D eigenvalue weighted by Gasteiger charge is -2.13. The van der Waals surface area contributed by atoms with Crippen molar-refractivity contribution in [2.24, 2.45) is 0 Å². The van der Waals surface area contributed by atoms with Crippen LogP contribution in [-0.4, -0.2) is 27.6 Å². The molecule has 112 valence electrons. The summed E-state index contributed by atoms with van der Waals surface area (Å²) in [6.07, 6.45) is 1.51. The van der Waals surface area contributed by atoms with Gasteiger partial charge < -0.3 is 9.47 Å². The third kappa shape index (κ3) is 3.25. The fourth-order valence-electron chi connectivity index (χ4n) is 1.87. The van der Waals surface area contributed by atoms with Crippen LogP contribution in [0, 0.1) is 6.92 Å². The zero-order valence-corrected chi connectivity index (χ0v) is 12.8. The van der Waals surface area contributed by atoms with E-state index >= 15 is 0 Å². The lowest BCUT2D eigenvalue weighted by Crippen LogP contribution is -2.15. The second-order valence-corrected chi connectivity index (χ2v) is 5.94. The maximum absolute atomic E-state index is 12.4. The summed E-state index contributed by atoms with van der Waals surface area (Å²) in [6, 6.07) is 8.03. The van der Waals surface area contributed by atoms with E-state index in [1.165, 1.54) is 26.5 Å². The van der Waals surface area contributed by atoms with Gasteiger partial charge in [0, 0.05) is 12.3 Å². The highest BCUT2D eigenvalue weighted by molar-refractivity contribution is 7.92. The first kappa shape index (κ1) is 15.1. The van der Waals surface area contributed by atoms with Gasteiger partial charge in [0.25, 0.3) is 10.0 Å². The molecule has 0 aliphatic rings. The van der Waals surface area contributed by atoms with E-state index in [4.69, 9.17) is 9.47 Å². The Morgan fingerprint density at radius 1 is 1.10 bits per heavy atom. The molecule has 0 aliphatic heterocycles. The number of benzene rings is 1. The normalized spacial score (nSPS) is 11.0. The number of sulfonamides is 1. The molecule has 0 amide bonds. The van der Waals surface area contributed by atoms with Crippen LogP contribution in [0.15, 0.2) is 41.4 Å². The molecule has 1 aromatic carbocycles. The first-order chi connectivity index (χ1) is 9.97. The van der Waals surface area contributed by atoms with Crippen molar-refractivity contribution in [3.8, 4) is 11.5 Å². The molecule has 0 unspecified atom stereocenters. The van der Waals surface area contributed by atoms with Crippen LogP contribution in [0.1, 0.15) is 5.56 Å². The summed E-state index contributed by atoms with van der Waals surface area (Å²) in [5.41, 5.74) is 0.552. The van der Waals surface area contributed by atoms with E-state index < -0.39 is 10.0 Å². The molecule has 0 aliphatic carbocycles. The van der Waals surface area contributed by atoms with E-state index in [9.17, 15) is 8.42 Å². The number of pyridine rings is 1. The second kappa shape index (κ2) is 6.01. The molecule has 0 saturated heterocycles. The van der Waals surface area contributed by atoms with Crippen molar-refractivity contribution in [2.75, 3.05) is 18.9 Å². The number of aromatic nitrogens is 1. The number of methoxy groups -OCH3 is 2. The first-order valence-electron chi connectivity index (χ1n) is 6.14. The Hall–Kier alpha value is -2.28. The molecule has 0 saturated carbocycles. The molecule has 0 atom stereocenters. The topological polar surface area (TPSA) is 77.5 Å². The van der Waals surface area contributed by atoms with Gasteiger partial charge in [0.15, 0.2) is 11.5 Å². The van der Waals surface area contributed by atoms with E-state index in [-0.39, 0.29) is 10.7 Å². The van der Waals surface area contributed by atoms with Gasteiger partial charge >= 0.3 is 0 Å². The van der Waals surface area contributed by atoms with Gasteiger partial charge in [0.1, 0.15) is 5.82 Å². The van der Waals surface area contributed by atoms with Crippen LogP contribution in [0.4, 0.5) is 5.82 Å². The van der Waals surface area contributed by atoms with Gasteiger partial charge in [-0.05, 0) is 30.7 Å². The van der Waals surface area contributed by atoms with Crippen LogP contribution in [0.25, 0.3) is 0 Å². The predicted molar refractivity (Wildman–Crippen MR) is 79.3 cm³/mol.